The molecule has 0 atom stereocenters. The first-order valence-corrected chi connectivity index (χ1v) is 8.41. The van der Waals surface area contributed by atoms with Gasteiger partial charge in [0.2, 0.25) is 0 Å². The van der Waals surface area contributed by atoms with E-state index in [4.69, 9.17) is 4.74 Å². The van der Waals surface area contributed by atoms with E-state index in [9.17, 15) is 13.2 Å². The van der Waals surface area contributed by atoms with Crippen LogP contribution in [0.1, 0.15) is 15.2 Å². The van der Waals surface area contributed by atoms with Crippen LogP contribution in [0.2, 0.25) is 0 Å². The summed E-state index contributed by atoms with van der Waals surface area (Å²) in [7, 11) is -1.11. The highest BCUT2D eigenvalue weighted by atomic mass is 32.2. The zero-order valence-corrected chi connectivity index (χ0v) is 13.5. The number of rotatable bonds is 4. The van der Waals surface area contributed by atoms with Crippen LogP contribution in [-0.2, 0) is 10.0 Å². The second-order valence-corrected chi connectivity index (χ2v) is 7.27. The van der Waals surface area contributed by atoms with Crippen LogP contribution >= 0.6 is 11.3 Å². The van der Waals surface area contributed by atoms with Crippen molar-refractivity contribution in [3.8, 4) is 5.75 Å². The van der Waals surface area contributed by atoms with Crippen molar-refractivity contribution in [1.29, 1.82) is 0 Å². The highest BCUT2D eigenvalue weighted by Gasteiger charge is 2.27. The average Bonchev–Trinajstić information content (AvgIpc) is 2.91. The number of benzene rings is 1. The van der Waals surface area contributed by atoms with E-state index in [0.29, 0.717) is 10.6 Å². The zero-order chi connectivity index (χ0) is 15.6. The van der Waals surface area contributed by atoms with Gasteiger partial charge in [0.15, 0.2) is 0 Å². The van der Waals surface area contributed by atoms with Gasteiger partial charge in [0.25, 0.3) is 15.9 Å². The van der Waals surface area contributed by atoms with Gasteiger partial charge in [-0.1, -0.05) is 0 Å². The Morgan fingerprint density at radius 3 is 2.29 bits per heavy atom. The Kier molecular flexibility index (Phi) is 4.34. The number of hydrogen-bond donors (Lipinski definition) is 0. The van der Waals surface area contributed by atoms with E-state index in [1.807, 2.05) is 0 Å². The van der Waals surface area contributed by atoms with E-state index in [2.05, 4.69) is 0 Å². The van der Waals surface area contributed by atoms with Crippen molar-refractivity contribution in [3.63, 3.8) is 0 Å². The molecule has 0 aliphatic carbocycles. The fraction of sp³-hybridized carbons (Fsp3) is 0.214. The van der Waals surface area contributed by atoms with Gasteiger partial charge in [0, 0.05) is 7.05 Å². The van der Waals surface area contributed by atoms with Crippen LogP contribution < -0.4 is 4.74 Å². The molecule has 0 aliphatic rings. The minimum Gasteiger partial charge on any atom is -0.497 e. The minimum absolute atomic E-state index is 0.0494. The summed E-state index contributed by atoms with van der Waals surface area (Å²) in [6.07, 6.45) is 0. The summed E-state index contributed by atoms with van der Waals surface area (Å²) in [5, 5.41) is 1.76. The van der Waals surface area contributed by atoms with Crippen LogP contribution in [0.5, 0.6) is 5.75 Å². The molecule has 0 bridgehead atoms. The van der Waals surface area contributed by atoms with Crippen LogP contribution in [0.3, 0.4) is 0 Å². The molecule has 2 rings (SSSR count). The fourth-order valence-corrected chi connectivity index (χ4v) is 3.81. The van der Waals surface area contributed by atoms with Crippen molar-refractivity contribution in [2.75, 3.05) is 14.2 Å². The molecule has 0 N–H and O–H groups in total. The number of sulfonamides is 1. The van der Waals surface area contributed by atoms with Gasteiger partial charge in [-0.3, -0.25) is 4.79 Å². The Morgan fingerprint density at radius 2 is 1.81 bits per heavy atom. The molecule has 2 aromatic rings. The molecule has 0 unspecified atom stereocenters. The molecule has 1 aromatic carbocycles. The molecule has 7 heteroatoms. The zero-order valence-electron chi connectivity index (χ0n) is 11.9. The second kappa shape index (κ2) is 5.87. The SMILES string of the molecule is COc1ccc(S(=O)(=O)N(C)C(=O)c2sccc2C)cc1. The topological polar surface area (TPSA) is 63.7 Å². The Balaban J connectivity index is 2.34. The number of ether oxygens (including phenoxy) is 1. The first kappa shape index (κ1) is 15.5. The lowest BCUT2D eigenvalue weighted by molar-refractivity contribution is 0.0887. The van der Waals surface area contributed by atoms with E-state index < -0.39 is 15.9 Å². The van der Waals surface area contributed by atoms with Crippen LogP contribution in [0, 0.1) is 6.92 Å². The third-order valence-corrected chi connectivity index (χ3v) is 5.82. The molecule has 0 fully saturated rings. The molecule has 0 saturated carbocycles. The van der Waals surface area contributed by atoms with Gasteiger partial charge in [0.1, 0.15) is 5.75 Å². The molecule has 1 amide bonds. The minimum atomic E-state index is -3.87. The molecule has 21 heavy (non-hydrogen) atoms. The van der Waals surface area contributed by atoms with E-state index in [1.165, 1.54) is 37.6 Å². The van der Waals surface area contributed by atoms with Gasteiger partial charge in [-0.15, -0.1) is 11.3 Å². The molecular weight excluding hydrogens is 310 g/mol. The first-order valence-electron chi connectivity index (χ1n) is 6.09. The molecule has 0 spiro atoms. The number of aryl methyl sites for hydroxylation is 1. The summed E-state index contributed by atoms with van der Waals surface area (Å²) in [4.78, 5) is 12.8. The predicted molar refractivity (Wildman–Crippen MR) is 81.3 cm³/mol. The highest BCUT2D eigenvalue weighted by molar-refractivity contribution is 7.89. The van der Waals surface area contributed by atoms with Crippen molar-refractivity contribution in [3.05, 3.63) is 46.2 Å². The quantitative estimate of drug-likeness (QED) is 0.866. The van der Waals surface area contributed by atoms with Gasteiger partial charge in [0.05, 0.1) is 16.9 Å². The highest BCUT2D eigenvalue weighted by Crippen LogP contribution is 2.23. The van der Waals surface area contributed by atoms with Gasteiger partial charge in [-0.25, -0.2) is 12.7 Å². The van der Waals surface area contributed by atoms with Crippen LogP contribution in [0.4, 0.5) is 0 Å². The first-order chi connectivity index (χ1) is 9.87. The maximum atomic E-state index is 12.4. The van der Waals surface area contributed by atoms with Gasteiger partial charge in [-0.2, -0.15) is 0 Å². The van der Waals surface area contributed by atoms with E-state index in [-0.39, 0.29) is 4.90 Å². The Bertz CT molecular complexity index is 748. The summed E-state index contributed by atoms with van der Waals surface area (Å²) < 4.78 is 30.7. The van der Waals surface area contributed by atoms with Crippen LogP contribution in [0.25, 0.3) is 0 Å². The monoisotopic (exact) mass is 325 g/mol. The lowest BCUT2D eigenvalue weighted by Crippen LogP contribution is -2.33. The molecule has 0 radical (unpaired) electrons. The number of nitrogens with zero attached hydrogens (tertiary/aromatic N) is 1. The summed E-state index contributed by atoms with van der Waals surface area (Å²) >= 11 is 1.23. The smallest absolute Gasteiger partial charge is 0.277 e. The number of carbonyl (C=O) groups excluding carboxylic acids is 1. The average molecular weight is 325 g/mol. The van der Waals surface area contributed by atoms with Crippen LogP contribution in [0.15, 0.2) is 40.6 Å². The number of thiophene rings is 1. The van der Waals surface area contributed by atoms with Crippen molar-refractivity contribution in [1.82, 2.24) is 4.31 Å². The summed E-state index contributed by atoms with van der Waals surface area (Å²) in [5.74, 6) is 0.0235. The van der Waals surface area contributed by atoms with E-state index in [1.54, 1.807) is 30.5 Å². The third kappa shape index (κ3) is 2.93. The number of methoxy groups -OCH3 is 1. The molecular formula is C14H15NO4S2. The fourth-order valence-electron chi connectivity index (χ4n) is 1.75. The predicted octanol–water partition coefficient (Wildman–Crippen LogP) is 2.53. The molecule has 5 nitrogen and oxygen atoms in total. The normalized spacial score (nSPS) is 11.2. The molecule has 1 heterocycles. The lowest BCUT2D eigenvalue weighted by Gasteiger charge is -2.17. The number of amides is 1. The Hall–Kier alpha value is -1.86. The maximum absolute atomic E-state index is 12.4. The van der Waals surface area contributed by atoms with E-state index in [0.717, 1.165) is 9.87 Å². The van der Waals surface area contributed by atoms with Gasteiger partial charge < -0.3 is 4.74 Å². The summed E-state index contributed by atoms with van der Waals surface area (Å²) in [6, 6.07) is 7.70. The van der Waals surface area contributed by atoms with Crippen molar-refractivity contribution in [2.45, 2.75) is 11.8 Å². The summed E-state index contributed by atoms with van der Waals surface area (Å²) in [6.45, 7) is 1.78. The molecule has 0 aliphatic heterocycles. The Labute approximate surface area is 127 Å². The third-order valence-electron chi connectivity index (χ3n) is 3.06. The maximum Gasteiger partial charge on any atom is 0.277 e. The number of carbonyl (C=O) groups is 1. The van der Waals surface area contributed by atoms with Gasteiger partial charge >= 0.3 is 0 Å². The van der Waals surface area contributed by atoms with Crippen molar-refractivity contribution >= 4 is 27.3 Å². The largest absolute Gasteiger partial charge is 0.497 e. The second-order valence-electron chi connectivity index (χ2n) is 4.39. The van der Waals surface area contributed by atoms with Crippen LogP contribution in [-0.4, -0.2) is 32.8 Å². The molecule has 0 saturated heterocycles. The standard InChI is InChI=1S/C14H15NO4S2/c1-10-8-9-20-13(10)14(16)15(2)21(17,18)12-6-4-11(19-3)5-7-12/h4-9H,1-3H3. The molecule has 1 aromatic heterocycles. The Morgan fingerprint density at radius 1 is 1.19 bits per heavy atom. The molecule has 112 valence electrons. The van der Waals surface area contributed by atoms with Crippen molar-refractivity contribution < 1.29 is 17.9 Å². The van der Waals surface area contributed by atoms with Gasteiger partial charge in [-0.05, 0) is 48.2 Å². The van der Waals surface area contributed by atoms with Crippen molar-refractivity contribution in [2.24, 2.45) is 0 Å². The lowest BCUT2D eigenvalue weighted by atomic mass is 10.3. The van der Waals surface area contributed by atoms with E-state index >= 15 is 0 Å². The summed E-state index contributed by atoms with van der Waals surface area (Å²) in [5.41, 5.74) is 0.766. The number of hydrogen-bond acceptors (Lipinski definition) is 5.